The largest absolute Gasteiger partial charge is 0.416 e. The normalized spacial score (nSPS) is 13.6. The van der Waals surface area contributed by atoms with Gasteiger partial charge in [0.2, 0.25) is 5.95 Å². The molecule has 4 heterocycles. The molecule has 0 atom stereocenters. The molecule has 1 saturated heterocycles. The van der Waals surface area contributed by atoms with E-state index in [2.05, 4.69) is 30.6 Å². The molecule has 0 amide bonds. The first kappa shape index (κ1) is 31.1. The Morgan fingerprint density at radius 2 is 1.69 bits per heavy atom. The van der Waals surface area contributed by atoms with Gasteiger partial charge in [0.25, 0.3) is 5.56 Å². The van der Waals surface area contributed by atoms with Gasteiger partial charge in [-0.05, 0) is 65.6 Å². The summed E-state index contributed by atoms with van der Waals surface area (Å²) in [7, 11) is 1.84. The van der Waals surface area contributed by atoms with Crippen molar-refractivity contribution < 1.29 is 13.2 Å². The molecule has 0 spiro atoms. The Balaban J connectivity index is 1.30. The van der Waals surface area contributed by atoms with Crippen molar-refractivity contribution in [2.45, 2.75) is 19.6 Å². The van der Waals surface area contributed by atoms with Crippen LogP contribution >= 0.6 is 0 Å². The summed E-state index contributed by atoms with van der Waals surface area (Å²) >= 11 is 0. The fourth-order valence-electron chi connectivity index (χ4n) is 6.19. The second-order valence-corrected chi connectivity index (χ2v) is 11.9. The summed E-state index contributed by atoms with van der Waals surface area (Å²) in [5.74, 6) is 0.222. The Bertz CT molecular complexity index is 2170. The van der Waals surface area contributed by atoms with Crippen LogP contribution in [0.15, 0.2) is 96.2 Å². The van der Waals surface area contributed by atoms with E-state index in [-0.39, 0.29) is 23.7 Å². The lowest BCUT2D eigenvalue weighted by atomic mass is 9.97. The van der Waals surface area contributed by atoms with Crippen molar-refractivity contribution in [3.05, 3.63) is 118 Å². The molecule has 0 aliphatic carbocycles. The lowest BCUT2D eigenvalue weighted by molar-refractivity contribution is -0.138. The van der Waals surface area contributed by atoms with Crippen molar-refractivity contribution in [2.75, 3.05) is 36.4 Å². The Hall–Kier alpha value is -5.49. The fraction of sp³-hybridized carbons (Fsp3) is 0.222. The summed E-state index contributed by atoms with van der Waals surface area (Å²) in [5.41, 5.74) is 4.48. The summed E-state index contributed by atoms with van der Waals surface area (Å²) in [6, 6.07) is 20.6. The fourth-order valence-corrected chi connectivity index (χ4v) is 6.19. The molecule has 244 valence electrons. The van der Waals surface area contributed by atoms with Gasteiger partial charge in [0.05, 0.1) is 18.3 Å². The molecule has 3 aromatic heterocycles. The quantitative estimate of drug-likeness (QED) is 0.207. The zero-order valence-electron chi connectivity index (χ0n) is 26.4. The van der Waals surface area contributed by atoms with E-state index in [1.54, 1.807) is 23.1 Å². The van der Waals surface area contributed by atoms with Gasteiger partial charge in [-0.2, -0.15) is 23.3 Å². The van der Waals surface area contributed by atoms with Crippen LogP contribution in [-0.2, 0) is 19.8 Å². The van der Waals surface area contributed by atoms with Gasteiger partial charge in [0.1, 0.15) is 5.65 Å². The number of nitrogens with one attached hydrogen (secondary N) is 2. The molecule has 0 radical (unpaired) electrons. The van der Waals surface area contributed by atoms with Crippen molar-refractivity contribution >= 4 is 28.4 Å². The second kappa shape index (κ2) is 12.6. The third kappa shape index (κ3) is 6.26. The standard InChI is InChI=1S/C36H33F3N8O/c1-23-17-24(27-20-42-45(2)21-27)7-12-30(23)31-18-26-19-41-35(43-28-8-10-29(11-9-28)46-15-13-40-14-16-46)44-33(26)47(34(31)48)22-25-5-3-4-6-32(25)36(37,38)39/h3-12,17-21,40H,13-16,22H2,1-2H3,(H,41,43,44). The van der Waals surface area contributed by atoms with Gasteiger partial charge < -0.3 is 15.5 Å². The van der Waals surface area contributed by atoms with Gasteiger partial charge in [0.15, 0.2) is 0 Å². The number of hydrogen-bond donors (Lipinski definition) is 2. The number of halogens is 3. The van der Waals surface area contributed by atoms with Gasteiger partial charge in [-0.25, -0.2) is 4.98 Å². The molecule has 3 aromatic carbocycles. The van der Waals surface area contributed by atoms with E-state index in [0.717, 1.165) is 60.3 Å². The highest BCUT2D eigenvalue weighted by atomic mass is 19.4. The molecule has 0 saturated carbocycles. The minimum absolute atomic E-state index is 0.0363. The first-order valence-corrected chi connectivity index (χ1v) is 15.6. The third-order valence-corrected chi connectivity index (χ3v) is 8.64. The Morgan fingerprint density at radius 3 is 2.40 bits per heavy atom. The molecule has 2 N–H and O–H groups in total. The summed E-state index contributed by atoms with van der Waals surface area (Å²) in [6.45, 7) is 5.27. The molecule has 9 nitrogen and oxygen atoms in total. The maximum Gasteiger partial charge on any atom is 0.416 e. The van der Waals surface area contributed by atoms with Crippen LogP contribution in [0.25, 0.3) is 33.3 Å². The molecule has 1 fully saturated rings. The molecule has 0 unspecified atom stereocenters. The summed E-state index contributed by atoms with van der Waals surface area (Å²) < 4.78 is 45.2. The van der Waals surface area contributed by atoms with Gasteiger partial charge in [-0.1, -0.05) is 36.4 Å². The average molecular weight is 651 g/mol. The van der Waals surface area contributed by atoms with Crippen LogP contribution in [0.5, 0.6) is 0 Å². The van der Waals surface area contributed by atoms with Crippen molar-refractivity contribution in [3.63, 3.8) is 0 Å². The van der Waals surface area contributed by atoms with Crippen molar-refractivity contribution in [1.29, 1.82) is 0 Å². The van der Waals surface area contributed by atoms with Gasteiger partial charge >= 0.3 is 6.18 Å². The Kier molecular flexibility index (Phi) is 8.17. The summed E-state index contributed by atoms with van der Waals surface area (Å²) in [4.78, 5) is 25.8. The smallest absolute Gasteiger partial charge is 0.369 e. The van der Waals surface area contributed by atoms with Gasteiger partial charge in [-0.15, -0.1) is 0 Å². The van der Waals surface area contributed by atoms with Crippen LogP contribution < -0.4 is 21.1 Å². The molecule has 48 heavy (non-hydrogen) atoms. The number of piperazine rings is 1. The summed E-state index contributed by atoms with van der Waals surface area (Å²) in [5, 5.41) is 11.3. The van der Waals surface area contributed by atoms with E-state index < -0.39 is 17.3 Å². The number of fused-ring (bicyclic) bond motifs is 1. The van der Waals surface area contributed by atoms with Crippen molar-refractivity contribution in [3.8, 4) is 22.3 Å². The second-order valence-electron chi connectivity index (χ2n) is 11.9. The monoisotopic (exact) mass is 650 g/mol. The topological polar surface area (TPSA) is 92.9 Å². The van der Waals surface area contributed by atoms with E-state index in [0.29, 0.717) is 16.5 Å². The minimum Gasteiger partial charge on any atom is -0.369 e. The predicted molar refractivity (Wildman–Crippen MR) is 182 cm³/mol. The number of hydrogen-bond acceptors (Lipinski definition) is 7. The van der Waals surface area contributed by atoms with Crippen LogP contribution in [-0.4, -0.2) is 50.5 Å². The number of aryl methyl sites for hydroxylation is 2. The van der Waals surface area contributed by atoms with Crippen LogP contribution in [0.2, 0.25) is 0 Å². The van der Waals surface area contributed by atoms with Crippen LogP contribution in [0.3, 0.4) is 0 Å². The lowest BCUT2D eigenvalue weighted by Crippen LogP contribution is -2.43. The average Bonchev–Trinajstić information content (AvgIpc) is 3.53. The maximum atomic E-state index is 14.3. The van der Waals surface area contributed by atoms with Crippen LogP contribution in [0.4, 0.5) is 30.5 Å². The minimum atomic E-state index is -4.59. The molecular formula is C36H33F3N8O. The van der Waals surface area contributed by atoms with Crippen LogP contribution in [0.1, 0.15) is 16.7 Å². The van der Waals surface area contributed by atoms with E-state index in [1.165, 1.54) is 22.8 Å². The lowest BCUT2D eigenvalue weighted by Gasteiger charge is -2.29. The third-order valence-electron chi connectivity index (χ3n) is 8.64. The zero-order valence-corrected chi connectivity index (χ0v) is 26.4. The number of pyridine rings is 1. The molecule has 12 heteroatoms. The predicted octanol–water partition coefficient (Wildman–Crippen LogP) is 6.39. The Morgan fingerprint density at radius 1 is 0.917 bits per heavy atom. The highest BCUT2D eigenvalue weighted by Gasteiger charge is 2.33. The maximum absolute atomic E-state index is 14.3. The SMILES string of the molecule is Cc1cc(-c2cnn(C)c2)ccc1-c1cc2cnc(Nc3ccc(N4CCNCC4)cc3)nc2n(Cc2ccccc2C(F)(F)F)c1=O. The van der Waals surface area contributed by atoms with Crippen molar-refractivity contribution in [2.24, 2.45) is 7.05 Å². The highest BCUT2D eigenvalue weighted by molar-refractivity contribution is 5.83. The molecular weight excluding hydrogens is 617 g/mol. The van der Waals surface area contributed by atoms with Crippen molar-refractivity contribution in [1.82, 2.24) is 29.6 Å². The highest BCUT2D eigenvalue weighted by Crippen LogP contribution is 2.33. The zero-order chi connectivity index (χ0) is 33.4. The number of aromatic nitrogens is 5. The summed E-state index contributed by atoms with van der Waals surface area (Å²) in [6.07, 6.45) is 0.664. The number of nitrogens with zero attached hydrogens (tertiary/aromatic N) is 6. The first-order valence-electron chi connectivity index (χ1n) is 15.6. The number of anilines is 3. The molecule has 1 aliphatic rings. The van der Waals surface area contributed by atoms with Crippen LogP contribution in [0, 0.1) is 6.92 Å². The molecule has 1 aliphatic heterocycles. The number of rotatable bonds is 7. The molecule has 7 rings (SSSR count). The molecule has 6 aromatic rings. The van der Waals surface area contributed by atoms with E-state index in [9.17, 15) is 18.0 Å². The number of alkyl halides is 3. The van der Waals surface area contributed by atoms with Gasteiger partial charge in [0, 0.05) is 73.5 Å². The van der Waals surface area contributed by atoms with E-state index >= 15 is 0 Å². The van der Waals surface area contributed by atoms with Gasteiger partial charge in [-0.3, -0.25) is 14.0 Å². The Labute approximate surface area is 274 Å². The first-order chi connectivity index (χ1) is 23.1. The van der Waals surface area contributed by atoms with E-state index in [4.69, 9.17) is 0 Å². The number of benzene rings is 3. The molecule has 0 bridgehead atoms. The van der Waals surface area contributed by atoms with E-state index in [1.807, 2.05) is 62.6 Å².